The van der Waals surface area contributed by atoms with Crippen LogP contribution in [0.15, 0.2) is 22.7 Å². The molecule has 0 aliphatic rings. The third-order valence-corrected chi connectivity index (χ3v) is 2.50. The highest BCUT2D eigenvalue weighted by molar-refractivity contribution is 9.10. The Morgan fingerprint density at radius 1 is 1.35 bits per heavy atom. The van der Waals surface area contributed by atoms with E-state index in [4.69, 9.17) is 14.6 Å². The Morgan fingerprint density at radius 3 is 2.76 bits per heavy atom. The molecule has 0 bridgehead atoms. The smallest absolute Gasteiger partial charge is 0.339 e. The molecule has 17 heavy (non-hydrogen) atoms. The Bertz CT molecular complexity index is 379. The van der Waals surface area contributed by atoms with Gasteiger partial charge in [0.05, 0.1) is 6.61 Å². The van der Waals surface area contributed by atoms with Gasteiger partial charge in [0.2, 0.25) is 0 Å². The maximum Gasteiger partial charge on any atom is 0.339 e. The lowest BCUT2D eigenvalue weighted by Crippen LogP contribution is -2.09. The highest BCUT2D eigenvalue weighted by Gasteiger charge is 2.11. The van der Waals surface area contributed by atoms with E-state index in [9.17, 15) is 4.79 Å². The second-order valence-electron chi connectivity index (χ2n) is 3.41. The molecule has 0 aromatic heterocycles. The third-order valence-electron chi connectivity index (χ3n) is 2.01. The summed E-state index contributed by atoms with van der Waals surface area (Å²) in [6.45, 7) is 3.53. The van der Waals surface area contributed by atoms with Crippen molar-refractivity contribution in [1.82, 2.24) is 0 Å². The number of aromatic carboxylic acids is 1. The predicted octanol–water partition coefficient (Wildman–Crippen LogP) is 2.95. The van der Waals surface area contributed by atoms with E-state index in [1.165, 1.54) is 6.07 Å². The number of rotatable bonds is 7. The van der Waals surface area contributed by atoms with Gasteiger partial charge in [-0.15, -0.1) is 0 Å². The SMILES string of the molecule is CCCOCCOc1ccc(Br)cc1C(=O)O. The fourth-order valence-corrected chi connectivity index (χ4v) is 1.61. The van der Waals surface area contributed by atoms with Crippen LogP contribution in [0.5, 0.6) is 5.75 Å². The molecule has 0 radical (unpaired) electrons. The number of ether oxygens (including phenoxy) is 2. The number of benzene rings is 1. The summed E-state index contributed by atoms with van der Waals surface area (Å²) in [5.41, 5.74) is 0.148. The minimum absolute atomic E-state index is 0.148. The zero-order chi connectivity index (χ0) is 12.7. The van der Waals surface area contributed by atoms with Crippen molar-refractivity contribution in [3.05, 3.63) is 28.2 Å². The summed E-state index contributed by atoms with van der Waals surface area (Å²) in [4.78, 5) is 11.0. The monoisotopic (exact) mass is 302 g/mol. The largest absolute Gasteiger partial charge is 0.490 e. The Labute approximate surface area is 109 Å². The van der Waals surface area contributed by atoms with E-state index < -0.39 is 5.97 Å². The van der Waals surface area contributed by atoms with Crippen molar-refractivity contribution >= 4 is 21.9 Å². The molecule has 1 rings (SSSR count). The van der Waals surface area contributed by atoms with Crippen LogP contribution in [0.4, 0.5) is 0 Å². The first-order chi connectivity index (χ1) is 8.15. The Balaban J connectivity index is 2.55. The molecule has 0 heterocycles. The van der Waals surface area contributed by atoms with Crippen LogP contribution in [-0.2, 0) is 4.74 Å². The van der Waals surface area contributed by atoms with Crippen molar-refractivity contribution in [1.29, 1.82) is 0 Å². The van der Waals surface area contributed by atoms with Crippen LogP contribution in [0.2, 0.25) is 0 Å². The average molecular weight is 303 g/mol. The summed E-state index contributed by atoms with van der Waals surface area (Å²) in [6.07, 6.45) is 0.957. The van der Waals surface area contributed by atoms with Gasteiger partial charge in [-0.05, 0) is 24.6 Å². The lowest BCUT2D eigenvalue weighted by atomic mass is 10.2. The van der Waals surface area contributed by atoms with Crippen LogP contribution in [0.25, 0.3) is 0 Å². The second kappa shape index (κ2) is 7.29. The summed E-state index contributed by atoms with van der Waals surface area (Å²) >= 11 is 3.22. The van der Waals surface area contributed by atoms with E-state index in [1.54, 1.807) is 12.1 Å². The van der Waals surface area contributed by atoms with Gasteiger partial charge in [-0.3, -0.25) is 0 Å². The topological polar surface area (TPSA) is 55.8 Å². The summed E-state index contributed by atoms with van der Waals surface area (Å²) in [6, 6.07) is 4.90. The van der Waals surface area contributed by atoms with E-state index in [2.05, 4.69) is 15.9 Å². The fraction of sp³-hybridized carbons (Fsp3) is 0.417. The van der Waals surface area contributed by atoms with Gasteiger partial charge in [-0.25, -0.2) is 4.79 Å². The van der Waals surface area contributed by atoms with Crippen LogP contribution in [0.3, 0.4) is 0 Å². The summed E-state index contributed by atoms with van der Waals surface area (Å²) in [7, 11) is 0. The van der Waals surface area contributed by atoms with E-state index in [0.29, 0.717) is 30.0 Å². The van der Waals surface area contributed by atoms with E-state index in [0.717, 1.165) is 6.42 Å². The highest BCUT2D eigenvalue weighted by atomic mass is 79.9. The van der Waals surface area contributed by atoms with Crippen LogP contribution in [0.1, 0.15) is 23.7 Å². The first kappa shape index (κ1) is 14.0. The van der Waals surface area contributed by atoms with Gasteiger partial charge in [0.15, 0.2) is 0 Å². The molecule has 4 nitrogen and oxygen atoms in total. The lowest BCUT2D eigenvalue weighted by molar-refractivity contribution is 0.0685. The highest BCUT2D eigenvalue weighted by Crippen LogP contribution is 2.23. The molecule has 5 heteroatoms. The van der Waals surface area contributed by atoms with Crippen LogP contribution in [0, 0.1) is 0 Å². The maximum absolute atomic E-state index is 11.0. The molecular weight excluding hydrogens is 288 g/mol. The zero-order valence-corrected chi connectivity index (χ0v) is 11.2. The van der Waals surface area contributed by atoms with Crippen molar-refractivity contribution in [3.63, 3.8) is 0 Å². The number of hydrogen-bond donors (Lipinski definition) is 1. The fourth-order valence-electron chi connectivity index (χ4n) is 1.25. The molecule has 0 fully saturated rings. The first-order valence-electron chi connectivity index (χ1n) is 5.38. The number of carboxylic acids is 1. The molecule has 0 atom stereocenters. The van der Waals surface area contributed by atoms with Gasteiger partial charge in [-0.2, -0.15) is 0 Å². The van der Waals surface area contributed by atoms with Gasteiger partial charge < -0.3 is 14.6 Å². The molecule has 1 N–H and O–H groups in total. The number of hydrogen-bond acceptors (Lipinski definition) is 3. The van der Waals surface area contributed by atoms with Crippen molar-refractivity contribution in [2.24, 2.45) is 0 Å². The molecule has 0 aliphatic carbocycles. The molecular formula is C12H15BrO4. The van der Waals surface area contributed by atoms with Crippen molar-refractivity contribution < 1.29 is 19.4 Å². The standard InChI is InChI=1S/C12H15BrO4/c1-2-5-16-6-7-17-11-4-3-9(13)8-10(11)12(14)15/h3-4,8H,2,5-7H2,1H3,(H,14,15). The lowest BCUT2D eigenvalue weighted by Gasteiger charge is -2.09. The third kappa shape index (κ3) is 4.75. The normalized spacial score (nSPS) is 10.2. The van der Waals surface area contributed by atoms with Crippen molar-refractivity contribution in [3.8, 4) is 5.75 Å². The Hall–Kier alpha value is -1.07. The zero-order valence-electron chi connectivity index (χ0n) is 9.61. The van der Waals surface area contributed by atoms with Crippen LogP contribution in [-0.4, -0.2) is 30.9 Å². The van der Waals surface area contributed by atoms with Gasteiger partial charge >= 0.3 is 5.97 Å². The van der Waals surface area contributed by atoms with Gasteiger partial charge in [0, 0.05) is 11.1 Å². The minimum Gasteiger partial charge on any atom is -0.490 e. The second-order valence-corrected chi connectivity index (χ2v) is 4.32. The summed E-state index contributed by atoms with van der Waals surface area (Å²) in [5.74, 6) is -0.642. The van der Waals surface area contributed by atoms with E-state index in [-0.39, 0.29) is 5.56 Å². The Morgan fingerprint density at radius 2 is 2.12 bits per heavy atom. The summed E-state index contributed by atoms with van der Waals surface area (Å²) in [5, 5.41) is 9.00. The number of carbonyl (C=O) groups is 1. The van der Waals surface area contributed by atoms with Gasteiger partial charge in [0.25, 0.3) is 0 Å². The molecule has 0 aliphatic heterocycles. The van der Waals surface area contributed by atoms with Gasteiger partial charge in [-0.1, -0.05) is 22.9 Å². The minimum atomic E-state index is -1.00. The van der Waals surface area contributed by atoms with Crippen LogP contribution < -0.4 is 4.74 Å². The molecule has 1 aromatic carbocycles. The average Bonchev–Trinajstić information content (AvgIpc) is 2.30. The molecule has 0 saturated heterocycles. The quantitative estimate of drug-likeness (QED) is 0.787. The maximum atomic E-state index is 11.0. The summed E-state index contributed by atoms with van der Waals surface area (Å²) < 4.78 is 11.3. The number of carboxylic acid groups (broad SMARTS) is 1. The molecule has 0 unspecified atom stereocenters. The van der Waals surface area contributed by atoms with E-state index >= 15 is 0 Å². The van der Waals surface area contributed by atoms with Crippen molar-refractivity contribution in [2.45, 2.75) is 13.3 Å². The molecule has 0 spiro atoms. The first-order valence-corrected chi connectivity index (χ1v) is 6.18. The Kier molecular flexibility index (Phi) is 6.00. The molecule has 0 amide bonds. The number of halogens is 1. The van der Waals surface area contributed by atoms with E-state index in [1.807, 2.05) is 6.92 Å². The van der Waals surface area contributed by atoms with Gasteiger partial charge in [0.1, 0.15) is 17.9 Å². The molecule has 1 aromatic rings. The van der Waals surface area contributed by atoms with Crippen molar-refractivity contribution in [2.75, 3.05) is 19.8 Å². The molecule has 94 valence electrons. The predicted molar refractivity (Wildman–Crippen MR) is 67.7 cm³/mol. The molecule has 0 saturated carbocycles. The van der Waals surface area contributed by atoms with Crippen LogP contribution >= 0.6 is 15.9 Å².